The summed E-state index contributed by atoms with van der Waals surface area (Å²) in [6.45, 7) is 0. The van der Waals surface area contributed by atoms with Gasteiger partial charge in [-0.25, -0.2) is 4.79 Å². The van der Waals surface area contributed by atoms with Gasteiger partial charge in [0, 0.05) is 17.2 Å². The predicted octanol–water partition coefficient (Wildman–Crippen LogP) is 5.21. The van der Waals surface area contributed by atoms with Gasteiger partial charge in [0.1, 0.15) is 11.5 Å². The number of ether oxygens (including phenoxy) is 2. The van der Waals surface area contributed by atoms with Crippen LogP contribution in [0.25, 0.3) is 12.2 Å². The van der Waals surface area contributed by atoms with Crippen LogP contribution in [-0.4, -0.2) is 18.9 Å². The van der Waals surface area contributed by atoms with Crippen molar-refractivity contribution in [3.63, 3.8) is 0 Å². The van der Waals surface area contributed by atoms with Crippen LogP contribution in [0.1, 0.15) is 21.5 Å². The summed E-state index contributed by atoms with van der Waals surface area (Å²) in [4.78, 5) is 24.5. The molecule has 0 saturated heterocycles. The van der Waals surface area contributed by atoms with Crippen molar-refractivity contribution in [3.05, 3.63) is 108 Å². The van der Waals surface area contributed by atoms with Gasteiger partial charge in [-0.3, -0.25) is 4.79 Å². The van der Waals surface area contributed by atoms with Crippen molar-refractivity contribution in [2.24, 2.45) is 0 Å². The van der Waals surface area contributed by atoms with Crippen molar-refractivity contribution in [2.45, 2.75) is 0 Å². The molecule has 0 aliphatic rings. The molecule has 0 radical (unpaired) electrons. The SMILES string of the molecule is COc1ccc(C(=O)C=Cc2ccccc2OC(=O)C=Cc2ccccc2)cc1. The summed E-state index contributed by atoms with van der Waals surface area (Å²) in [6, 6.07) is 23.4. The topological polar surface area (TPSA) is 52.6 Å². The van der Waals surface area contributed by atoms with Crippen molar-refractivity contribution in [2.75, 3.05) is 7.11 Å². The van der Waals surface area contributed by atoms with Gasteiger partial charge in [0.25, 0.3) is 0 Å². The highest BCUT2D eigenvalue weighted by Crippen LogP contribution is 2.21. The third kappa shape index (κ3) is 5.78. The minimum Gasteiger partial charge on any atom is -0.497 e. The molecule has 0 heterocycles. The van der Waals surface area contributed by atoms with Crippen LogP contribution in [-0.2, 0) is 4.79 Å². The molecule has 0 atom stereocenters. The summed E-state index contributed by atoms with van der Waals surface area (Å²) in [5, 5.41) is 0. The number of carbonyl (C=O) groups excluding carboxylic acids is 2. The van der Waals surface area contributed by atoms with Gasteiger partial charge in [-0.2, -0.15) is 0 Å². The van der Waals surface area contributed by atoms with E-state index in [0.717, 1.165) is 5.56 Å². The fraction of sp³-hybridized carbons (Fsp3) is 0.0400. The van der Waals surface area contributed by atoms with Gasteiger partial charge in [-0.05, 0) is 54.1 Å². The van der Waals surface area contributed by atoms with Gasteiger partial charge in [0.2, 0.25) is 0 Å². The Balaban J connectivity index is 1.69. The Morgan fingerprint density at radius 3 is 2.17 bits per heavy atom. The number of rotatable bonds is 7. The molecule has 0 aliphatic heterocycles. The van der Waals surface area contributed by atoms with E-state index in [9.17, 15) is 9.59 Å². The molecule has 3 aromatic carbocycles. The number of ketones is 1. The second kappa shape index (κ2) is 9.85. The van der Waals surface area contributed by atoms with Crippen LogP contribution in [0.15, 0.2) is 91.0 Å². The zero-order valence-corrected chi connectivity index (χ0v) is 15.9. The lowest BCUT2D eigenvalue weighted by Crippen LogP contribution is -2.04. The van der Waals surface area contributed by atoms with Crippen LogP contribution in [0.5, 0.6) is 11.5 Å². The first kappa shape index (κ1) is 19.8. The highest BCUT2D eigenvalue weighted by Gasteiger charge is 2.06. The van der Waals surface area contributed by atoms with Gasteiger partial charge in [0.05, 0.1) is 7.11 Å². The van der Waals surface area contributed by atoms with Crippen LogP contribution in [0, 0.1) is 0 Å². The first-order valence-corrected chi connectivity index (χ1v) is 9.06. The van der Waals surface area contributed by atoms with Crippen LogP contribution in [0.3, 0.4) is 0 Å². The number of hydrogen-bond donors (Lipinski definition) is 0. The molecule has 0 saturated carbocycles. The quantitative estimate of drug-likeness (QED) is 0.243. The average molecular weight is 384 g/mol. The van der Waals surface area contributed by atoms with E-state index in [2.05, 4.69) is 0 Å². The molecular weight excluding hydrogens is 364 g/mol. The summed E-state index contributed by atoms with van der Waals surface area (Å²) < 4.78 is 10.5. The molecule has 0 N–H and O–H groups in total. The van der Waals surface area contributed by atoms with E-state index in [1.807, 2.05) is 36.4 Å². The van der Waals surface area contributed by atoms with Crippen molar-refractivity contribution >= 4 is 23.9 Å². The minimum atomic E-state index is -0.490. The molecule has 0 fully saturated rings. The Labute approximate surface area is 169 Å². The van der Waals surface area contributed by atoms with Crippen molar-refractivity contribution < 1.29 is 19.1 Å². The van der Waals surface area contributed by atoms with E-state index in [1.165, 1.54) is 12.2 Å². The van der Waals surface area contributed by atoms with Gasteiger partial charge >= 0.3 is 5.97 Å². The van der Waals surface area contributed by atoms with E-state index in [0.29, 0.717) is 22.6 Å². The average Bonchev–Trinajstić information content (AvgIpc) is 2.77. The maximum Gasteiger partial charge on any atom is 0.336 e. The van der Waals surface area contributed by atoms with Gasteiger partial charge in [0.15, 0.2) is 5.78 Å². The van der Waals surface area contributed by atoms with Crippen LogP contribution in [0.4, 0.5) is 0 Å². The molecule has 0 spiro atoms. The number of methoxy groups -OCH3 is 1. The second-order valence-electron chi connectivity index (χ2n) is 6.13. The third-order valence-electron chi connectivity index (χ3n) is 4.13. The number of esters is 1. The molecule has 0 aromatic heterocycles. The molecule has 0 unspecified atom stereocenters. The number of hydrogen-bond acceptors (Lipinski definition) is 4. The lowest BCUT2D eigenvalue weighted by atomic mass is 10.1. The fourth-order valence-corrected chi connectivity index (χ4v) is 2.60. The van der Waals surface area contributed by atoms with Crippen LogP contribution >= 0.6 is 0 Å². The number of para-hydroxylation sites is 1. The Morgan fingerprint density at radius 2 is 1.45 bits per heavy atom. The predicted molar refractivity (Wildman–Crippen MR) is 114 cm³/mol. The Bertz CT molecular complexity index is 1030. The summed E-state index contributed by atoms with van der Waals surface area (Å²) in [6.07, 6.45) is 6.15. The van der Waals surface area contributed by atoms with Crippen LogP contribution < -0.4 is 9.47 Å². The summed E-state index contributed by atoms with van der Waals surface area (Å²) in [5.41, 5.74) is 2.08. The first-order chi connectivity index (χ1) is 14.2. The van der Waals surface area contributed by atoms with Gasteiger partial charge < -0.3 is 9.47 Å². The normalized spacial score (nSPS) is 10.9. The zero-order valence-electron chi connectivity index (χ0n) is 15.9. The minimum absolute atomic E-state index is 0.155. The standard InChI is InChI=1S/C25H20O4/c1-28-22-15-12-20(13-16-22)23(26)17-14-21-9-5-6-10-24(21)29-25(27)18-11-19-7-3-2-4-8-19/h2-18H,1H3. The molecule has 0 aliphatic carbocycles. The fourth-order valence-electron chi connectivity index (χ4n) is 2.60. The molecule has 0 bridgehead atoms. The number of carbonyl (C=O) groups is 2. The Hall–Kier alpha value is -3.92. The summed E-state index contributed by atoms with van der Waals surface area (Å²) in [5.74, 6) is 0.425. The maximum absolute atomic E-state index is 12.4. The monoisotopic (exact) mass is 384 g/mol. The highest BCUT2D eigenvalue weighted by atomic mass is 16.5. The molecule has 0 amide bonds. The lowest BCUT2D eigenvalue weighted by molar-refractivity contribution is -0.128. The molecule has 144 valence electrons. The third-order valence-corrected chi connectivity index (χ3v) is 4.13. The van der Waals surface area contributed by atoms with Crippen LogP contribution in [0.2, 0.25) is 0 Å². The molecular formula is C25H20O4. The van der Waals surface area contributed by atoms with E-state index in [4.69, 9.17) is 9.47 Å². The van der Waals surface area contributed by atoms with Gasteiger partial charge in [-0.15, -0.1) is 0 Å². The molecule has 29 heavy (non-hydrogen) atoms. The maximum atomic E-state index is 12.4. The van der Waals surface area contributed by atoms with E-state index >= 15 is 0 Å². The van der Waals surface area contributed by atoms with Crippen molar-refractivity contribution in [3.8, 4) is 11.5 Å². The van der Waals surface area contributed by atoms with Crippen molar-refractivity contribution in [1.82, 2.24) is 0 Å². The molecule has 4 heteroatoms. The molecule has 3 aromatic rings. The lowest BCUT2D eigenvalue weighted by Gasteiger charge is -2.05. The zero-order chi connectivity index (χ0) is 20.5. The first-order valence-electron chi connectivity index (χ1n) is 9.06. The Morgan fingerprint density at radius 1 is 0.759 bits per heavy atom. The Kier molecular flexibility index (Phi) is 6.74. The van der Waals surface area contributed by atoms with E-state index < -0.39 is 5.97 Å². The number of allylic oxidation sites excluding steroid dienone is 1. The molecule has 3 rings (SSSR count). The van der Waals surface area contributed by atoms with Crippen molar-refractivity contribution in [1.29, 1.82) is 0 Å². The molecule has 4 nitrogen and oxygen atoms in total. The smallest absolute Gasteiger partial charge is 0.336 e. The summed E-state index contributed by atoms with van der Waals surface area (Å²) >= 11 is 0. The second-order valence-corrected chi connectivity index (χ2v) is 6.13. The van der Waals surface area contributed by atoms with E-state index in [1.54, 1.807) is 61.7 Å². The number of benzene rings is 3. The highest BCUT2D eigenvalue weighted by molar-refractivity contribution is 6.07. The largest absolute Gasteiger partial charge is 0.497 e. The summed E-state index contributed by atoms with van der Waals surface area (Å²) in [7, 11) is 1.57. The van der Waals surface area contributed by atoms with Gasteiger partial charge in [-0.1, -0.05) is 48.5 Å². The van der Waals surface area contributed by atoms with E-state index in [-0.39, 0.29) is 5.78 Å².